The first-order valence-corrected chi connectivity index (χ1v) is 9.02. The van der Waals surface area contributed by atoms with Crippen molar-refractivity contribution in [3.05, 3.63) is 72.3 Å². The second-order valence-corrected chi connectivity index (χ2v) is 7.21. The topological polar surface area (TPSA) is 60.4 Å². The van der Waals surface area contributed by atoms with Crippen molar-refractivity contribution in [2.75, 3.05) is 6.61 Å². The van der Waals surface area contributed by atoms with Gasteiger partial charge in [0.05, 0.1) is 22.0 Å². The van der Waals surface area contributed by atoms with Crippen LogP contribution in [0.25, 0.3) is 10.8 Å². The van der Waals surface area contributed by atoms with Crippen molar-refractivity contribution in [2.24, 2.45) is 0 Å². The largest absolute Gasteiger partial charge is 0.462 e. The molecule has 0 unspecified atom stereocenters. The zero-order valence-corrected chi connectivity index (χ0v) is 13.9. The van der Waals surface area contributed by atoms with Crippen LogP contribution in [-0.2, 0) is 14.6 Å². The fraction of sp³-hybridized carbons (Fsp3) is 0.105. The fourth-order valence-electron chi connectivity index (χ4n) is 2.47. The highest BCUT2D eigenvalue weighted by Gasteiger charge is 2.17. The number of rotatable bonds is 4. The molecular formula is C19H16O4S. The van der Waals surface area contributed by atoms with E-state index in [2.05, 4.69) is 0 Å². The Morgan fingerprint density at radius 1 is 0.875 bits per heavy atom. The minimum absolute atomic E-state index is 0.227. The molecule has 0 aliphatic carbocycles. The van der Waals surface area contributed by atoms with Gasteiger partial charge in [0.1, 0.15) is 0 Å². The molecule has 5 heteroatoms. The number of carbonyl (C=O) groups is 1. The summed E-state index contributed by atoms with van der Waals surface area (Å²) >= 11 is 0. The summed E-state index contributed by atoms with van der Waals surface area (Å²) in [5.41, 5.74) is 0.447. The molecule has 0 amide bonds. The van der Waals surface area contributed by atoms with E-state index in [1.807, 2.05) is 0 Å². The lowest BCUT2D eigenvalue weighted by molar-refractivity contribution is 0.0526. The molecular weight excluding hydrogens is 324 g/mol. The number of benzene rings is 3. The summed E-state index contributed by atoms with van der Waals surface area (Å²) < 4.78 is 30.3. The van der Waals surface area contributed by atoms with Gasteiger partial charge in [-0.05, 0) is 54.1 Å². The monoisotopic (exact) mass is 340 g/mol. The third-order valence-electron chi connectivity index (χ3n) is 3.69. The maximum Gasteiger partial charge on any atom is 0.338 e. The number of ether oxygens (including phenoxy) is 1. The van der Waals surface area contributed by atoms with Gasteiger partial charge in [0, 0.05) is 0 Å². The van der Waals surface area contributed by atoms with Gasteiger partial charge in [-0.2, -0.15) is 0 Å². The first-order chi connectivity index (χ1) is 11.5. The number of carbonyl (C=O) groups excluding carboxylic acids is 1. The summed E-state index contributed by atoms with van der Waals surface area (Å²) in [6, 6.07) is 18.2. The van der Waals surface area contributed by atoms with Crippen LogP contribution in [-0.4, -0.2) is 21.0 Å². The molecule has 3 aromatic carbocycles. The van der Waals surface area contributed by atoms with E-state index in [4.69, 9.17) is 4.74 Å². The van der Waals surface area contributed by atoms with Gasteiger partial charge in [-0.3, -0.25) is 0 Å². The number of hydrogen-bond donors (Lipinski definition) is 0. The molecule has 3 rings (SSSR count). The third kappa shape index (κ3) is 3.03. The minimum atomic E-state index is -3.56. The van der Waals surface area contributed by atoms with Gasteiger partial charge in [0.15, 0.2) is 0 Å². The number of sulfone groups is 1. The Labute approximate surface area is 140 Å². The average molecular weight is 340 g/mol. The van der Waals surface area contributed by atoms with Gasteiger partial charge in [-0.25, -0.2) is 13.2 Å². The summed E-state index contributed by atoms with van der Waals surface area (Å²) in [6.07, 6.45) is 0. The van der Waals surface area contributed by atoms with Crippen molar-refractivity contribution < 1.29 is 17.9 Å². The van der Waals surface area contributed by atoms with Crippen molar-refractivity contribution >= 4 is 26.6 Å². The van der Waals surface area contributed by atoms with Crippen LogP contribution in [0.4, 0.5) is 0 Å². The van der Waals surface area contributed by atoms with Crippen molar-refractivity contribution in [2.45, 2.75) is 16.7 Å². The Morgan fingerprint density at radius 2 is 1.54 bits per heavy atom. The standard InChI is InChI=1S/C19H16O4S/c1-2-23-19(20)16-9-8-15-13-18(11-10-14(15)12-16)24(21,22)17-6-4-3-5-7-17/h3-13H,2H2,1H3. The molecule has 122 valence electrons. The smallest absolute Gasteiger partial charge is 0.338 e. The zero-order chi connectivity index (χ0) is 17.2. The quantitative estimate of drug-likeness (QED) is 0.677. The first-order valence-electron chi connectivity index (χ1n) is 7.53. The van der Waals surface area contributed by atoms with E-state index in [9.17, 15) is 13.2 Å². The van der Waals surface area contributed by atoms with E-state index >= 15 is 0 Å². The molecule has 0 heterocycles. The van der Waals surface area contributed by atoms with E-state index in [0.717, 1.165) is 10.8 Å². The van der Waals surface area contributed by atoms with E-state index in [1.54, 1.807) is 73.7 Å². The van der Waals surface area contributed by atoms with E-state index in [-0.39, 0.29) is 15.8 Å². The van der Waals surface area contributed by atoms with Gasteiger partial charge in [0.2, 0.25) is 9.84 Å². The predicted molar refractivity (Wildman–Crippen MR) is 91.8 cm³/mol. The number of esters is 1. The maximum absolute atomic E-state index is 12.7. The van der Waals surface area contributed by atoms with E-state index in [0.29, 0.717) is 12.2 Å². The summed E-state index contributed by atoms with van der Waals surface area (Å²) in [7, 11) is -3.56. The Hall–Kier alpha value is -2.66. The molecule has 0 aliphatic rings. The van der Waals surface area contributed by atoms with Crippen molar-refractivity contribution in [3.63, 3.8) is 0 Å². The predicted octanol–water partition coefficient (Wildman–Crippen LogP) is 3.85. The Balaban J connectivity index is 2.04. The van der Waals surface area contributed by atoms with Crippen molar-refractivity contribution in [1.29, 1.82) is 0 Å². The lowest BCUT2D eigenvalue weighted by Crippen LogP contribution is -2.04. The lowest BCUT2D eigenvalue weighted by atomic mass is 10.1. The fourth-order valence-corrected chi connectivity index (χ4v) is 3.79. The van der Waals surface area contributed by atoms with Crippen LogP contribution < -0.4 is 0 Å². The van der Waals surface area contributed by atoms with Crippen LogP contribution >= 0.6 is 0 Å². The SMILES string of the molecule is CCOC(=O)c1ccc2cc(S(=O)(=O)c3ccccc3)ccc2c1. The second-order valence-electron chi connectivity index (χ2n) is 5.26. The van der Waals surface area contributed by atoms with E-state index < -0.39 is 9.84 Å². The van der Waals surface area contributed by atoms with Crippen LogP contribution in [0.2, 0.25) is 0 Å². The first kappa shape index (κ1) is 16.2. The van der Waals surface area contributed by atoms with Gasteiger partial charge in [-0.15, -0.1) is 0 Å². The van der Waals surface area contributed by atoms with Gasteiger partial charge in [0.25, 0.3) is 0 Å². The highest BCUT2D eigenvalue weighted by molar-refractivity contribution is 7.91. The normalized spacial score (nSPS) is 11.4. The van der Waals surface area contributed by atoms with Crippen molar-refractivity contribution in [3.8, 4) is 0 Å². The summed E-state index contributed by atoms with van der Waals surface area (Å²) in [4.78, 5) is 12.3. The van der Waals surface area contributed by atoms with Crippen LogP contribution in [0.3, 0.4) is 0 Å². The number of fused-ring (bicyclic) bond motifs is 1. The molecule has 0 saturated carbocycles. The molecule has 0 atom stereocenters. The van der Waals surface area contributed by atoms with Crippen molar-refractivity contribution in [1.82, 2.24) is 0 Å². The summed E-state index contributed by atoms with van der Waals surface area (Å²) in [5.74, 6) is -0.389. The van der Waals surface area contributed by atoms with Gasteiger partial charge in [-0.1, -0.05) is 30.3 Å². The molecule has 0 N–H and O–H groups in total. The number of hydrogen-bond acceptors (Lipinski definition) is 4. The Morgan fingerprint density at radius 3 is 2.25 bits per heavy atom. The molecule has 3 aromatic rings. The van der Waals surface area contributed by atoms with Gasteiger partial charge >= 0.3 is 5.97 Å². The van der Waals surface area contributed by atoms with Crippen LogP contribution in [0.1, 0.15) is 17.3 Å². The highest BCUT2D eigenvalue weighted by atomic mass is 32.2. The second kappa shape index (κ2) is 6.45. The molecule has 0 radical (unpaired) electrons. The molecule has 4 nitrogen and oxygen atoms in total. The molecule has 0 aromatic heterocycles. The third-order valence-corrected chi connectivity index (χ3v) is 5.45. The maximum atomic E-state index is 12.7. The van der Waals surface area contributed by atoms with Crippen LogP contribution in [0, 0.1) is 0 Å². The van der Waals surface area contributed by atoms with Crippen LogP contribution in [0.15, 0.2) is 76.5 Å². The molecule has 0 aliphatic heterocycles. The Kier molecular flexibility index (Phi) is 4.36. The zero-order valence-electron chi connectivity index (χ0n) is 13.1. The van der Waals surface area contributed by atoms with Gasteiger partial charge < -0.3 is 4.74 Å². The molecule has 0 bridgehead atoms. The van der Waals surface area contributed by atoms with Crippen LogP contribution in [0.5, 0.6) is 0 Å². The molecule has 0 saturated heterocycles. The summed E-state index contributed by atoms with van der Waals surface area (Å²) in [6.45, 7) is 2.06. The minimum Gasteiger partial charge on any atom is -0.462 e. The Bertz CT molecular complexity index is 992. The van der Waals surface area contributed by atoms with E-state index in [1.165, 1.54) is 0 Å². The molecule has 0 fully saturated rings. The highest BCUT2D eigenvalue weighted by Crippen LogP contribution is 2.25. The molecule has 24 heavy (non-hydrogen) atoms. The lowest BCUT2D eigenvalue weighted by Gasteiger charge is -2.07. The summed E-state index contributed by atoms with van der Waals surface area (Å²) in [5, 5.41) is 1.53. The average Bonchev–Trinajstić information content (AvgIpc) is 2.61. The molecule has 0 spiro atoms.